The molecular weight excluding hydrogens is 247 g/mol. The summed E-state index contributed by atoms with van der Waals surface area (Å²) >= 11 is 0. The minimum Gasteiger partial charge on any atom is -0.393 e. The molecule has 0 aromatic carbocycles. The van der Waals surface area contributed by atoms with E-state index in [9.17, 15) is 18.0 Å². The second-order valence-electron chi connectivity index (χ2n) is 5.05. The number of hydrogen-bond acceptors (Lipinski definition) is 2. The summed E-state index contributed by atoms with van der Waals surface area (Å²) in [6.45, 7) is 1.60. The van der Waals surface area contributed by atoms with Gasteiger partial charge >= 0.3 is 6.18 Å². The van der Waals surface area contributed by atoms with Gasteiger partial charge in [-0.05, 0) is 39.0 Å². The van der Waals surface area contributed by atoms with Crippen LogP contribution in [0.5, 0.6) is 0 Å². The molecule has 1 fully saturated rings. The standard InChI is InChI=1S/C12H20F3NO2/c1-8(17)2-7-11(18)16-10-5-3-9(4-6-10)12(13,14)15/h8-10,17H,2-7H2,1H3,(H,16,18). The molecule has 106 valence electrons. The van der Waals surface area contributed by atoms with E-state index < -0.39 is 18.2 Å². The molecule has 0 bridgehead atoms. The van der Waals surface area contributed by atoms with E-state index in [-0.39, 0.29) is 31.2 Å². The van der Waals surface area contributed by atoms with Gasteiger partial charge in [0, 0.05) is 12.5 Å². The van der Waals surface area contributed by atoms with Crippen molar-refractivity contribution in [3.05, 3.63) is 0 Å². The number of carbonyl (C=O) groups excluding carboxylic acids is 1. The molecular formula is C12H20F3NO2. The maximum absolute atomic E-state index is 12.4. The van der Waals surface area contributed by atoms with Gasteiger partial charge in [-0.1, -0.05) is 0 Å². The maximum Gasteiger partial charge on any atom is 0.391 e. The average molecular weight is 267 g/mol. The van der Waals surface area contributed by atoms with Crippen LogP contribution in [0.3, 0.4) is 0 Å². The molecule has 1 saturated carbocycles. The van der Waals surface area contributed by atoms with Crippen molar-refractivity contribution in [3.63, 3.8) is 0 Å². The number of aliphatic hydroxyl groups excluding tert-OH is 1. The van der Waals surface area contributed by atoms with Crippen molar-refractivity contribution in [1.82, 2.24) is 5.32 Å². The lowest BCUT2D eigenvalue weighted by atomic mass is 9.85. The molecule has 0 radical (unpaired) electrons. The van der Waals surface area contributed by atoms with Crippen LogP contribution in [0.1, 0.15) is 45.4 Å². The van der Waals surface area contributed by atoms with Gasteiger partial charge in [0.1, 0.15) is 0 Å². The van der Waals surface area contributed by atoms with Gasteiger partial charge in [0.05, 0.1) is 12.0 Å². The fraction of sp³-hybridized carbons (Fsp3) is 0.917. The van der Waals surface area contributed by atoms with Gasteiger partial charge in [0.25, 0.3) is 0 Å². The average Bonchev–Trinajstić information content (AvgIpc) is 2.26. The van der Waals surface area contributed by atoms with Crippen molar-refractivity contribution >= 4 is 5.91 Å². The van der Waals surface area contributed by atoms with Crippen LogP contribution in [0.15, 0.2) is 0 Å². The van der Waals surface area contributed by atoms with E-state index in [0.29, 0.717) is 19.3 Å². The Morgan fingerprint density at radius 3 is 2.33 bits per heavy atom. The van der Waals surface area contributed by atoms with Crippen molar-refractivity contribution in [2.24, 2.45) is 5.92 Å². The van der Waals surface area contributed by atoms with E-state index >= 15 is 0 Å². The summed E-state index contributed by atoms with van der Waals surface area (Å²) in [5.41, 5.74) is 0. The lowest BCUT2D eigenvalue weighted by Gasteiger charge is -2.30. The first-order valence-electron chi connectivity index (χ1n) is 6.33. The van der Waals surface area contributed by atoms with Gasteiger partial charge in [0.15, 0.2) is 0 Å². The topological polar surface area (TPSA) is 49.3 Å². The number of alkyl halides is 3. The minimum atomic E-state index is -4.11. The Labute approximate surface area is 105 Å². The van der Waals surface area contributed by atoms with Crippen molar-refractivity contribution in [2.75, 3.05) is 0 Å². The van der Waals surface area contributed by atoms with E-state index in [2.05, 4.69) is 5.32 Å². The van der Waals surface area contributed by atoms with Crippen molar-refractivity contribution in [1.29, 1.82) is 0 Å². The molecule has 1 atom stereocenters. The second kappa shape index (κ2) is 6.41. The Hall–Kier alpha value is -0.780. The molecule has 0 heterocycles. The number of hydrogen-bond donors (Lipinski definition) is 2. The van der Waals surface area contributed by atoms with Crippen LogP contribution in [0, 0.1) is 5.92 Å². The Balaban J connectivity index is 2.25. The van der Waals surface area contributed by atoms with Crippen molar-refractivity contribution < 1.29 is 23.1 Å². The molecule has 1 aliphatic rings. The second-order valence-corrected chi connectivity index (χ2v) is 5.05. The van der Waals surface area contributed by atoms with Gasteiger partial charge in [-0.25, -0.2) is 0 Å². The number of amides is 1. The zero-order valence-corrected chi connectivity index (χ0v) is 10.5. The zero-order valence-electron chi connectivity index (χ0n) is 10.5. The summed E-state index contributed by atoms with van der Waals surface area (Å²) in [5, 5.41) is 11.8. The highest BCUT2D eigenvalue weighted by molar-refractivity contribution is 5.76. The van der Waals surface area contributed by atoms with Crippen LogP contribution in [0.2, 0.25) is 0 Å². The first-order valence-corrected chi connectivity index (χ1v) is 6.33. The van der Waals surface area contributed by atoms with E-state index in [4.69, 9.17) is 5.11 Å². The molecule has 0 aromatic heterocycles. The predicted octanol–water partition coefficient (Wildman–Crippen LogP) is 2.38. The summed E-state index contributed by atoms with van der Waals surface area (Å²) < 4.78 is 37.3. The van der Waals surface area contributed by atoms with Gasteiger partial charge in [0.2, 0.25) is 5.91 Å². The fourth-order valence-corrected chi connectivity index (χ4v) is 2.20. The molecule has 3 nitrogen and oxygen atoms in total. The Morgan fingerprint density at radius 2 is 1.89 bits per heavy atom. The summed E-state index contributed by atoms with van der Waals surface area (Å²) in [6, 6.07) is -0.148. The number of carbonyl (C=O) groups is 1. The Kier molecular flexibility index (Phi) is 5.44. The fourth-order valence-electron chi connectivity index (χ4n) is 2.20. The molecule has 0 aliphatic heterocycles. The highest BCUT2D eigenvalue weighted by Crippen LogP contribution is 2.37. The molecule has 2 N–H and O–H groups in total. The lowest BCUT2D eigenvalue weighted by Crippen LogP contribution is -2.40. The zero-order chi connectivity index (χ0) is 13.8. The van der Waals surface area contributed by atoms with Crippen LogP contribution in [-0.4, -0.2) is 29.3 Å². The van der Waals surface area contributed by atoms with Crippen molar-refractivity contribution in [3.8, 4) is 0 Å². The van der Waals surface area contributed by atoms with E-state index in [1.807, 2.05) is 0 Å². The highest BCUT2D eigenvalue weighted by atomic mass is 19.4. The van der Waals surface area contributed by atoms with Crippen LogP contribution in [0.4, 0.5) is 13.2 Å². The molecule has 18 heavy (non-hydrogen) atoms. The van der Waals surface area contributed by atoms with E-state index in [1.165, 1.54) is 0 Å². The predicted molar refractivity (Wildman–Crippen MR) is 60.9 cm³/mol. The molecule has 0 aromatic rings. The Bertz CT molecular complexity index is 271. The third-order valence-corrected chi connectivity index (χ3v) is 3.34. The highest BCUT2D eigenvalue weighted by Gasteiger charge is 2.41. The van der Waals surface area contributed by atoms with Gasteiger partial charge < -0.3 is 10.4 Å². The van der Waals surface area contributed by atoms with Crippen molar-refractivity contribution in [2.45, 2.75) is 63.8 Å². The number of aliphatic hydroxyl groups is 1. The monoisotopic (exact) mass is 267 g/mol. The number of halogens is 3. The van der Waals surface area contributed by atoms with Gasteiger partial charge in [-0.3, -0.25) is 4.79 Å². The quantitative estimate of drug-likeness (QED) is 0.821. The summed E-state index contributed by atoms with van der Waals surface area (Å²) in [7, 11) is 0. The van der Waals surface area contributed by atoms with Gasteiger partial charge in [-0.2, -0.15) is 13.2 Å². The maximum atomic E-state index is 12.4. The van der Waals surface area contributed by atoms with Crippen LogP contribution >= 0.6 is 0 Å². The summed E-state index contributed by atoms with van der Waals surface area (Å²) in [5.74, 6) is -1.41. The third-order valence-electron chi connectivity index (χ3n) is 3.34. The smallest absolute Gasteiger partial charge is 0.391 e. The number of rotatable bonds is 4. The molecule has 0 saturated heterocycles. The summed E-state index contributed by atoms with van der Waals surface area (Å²) in [4.78, 5) is 11.4. The first kappa shape index (κ1) is 15.3. The molecule has 1 aliphatic carbocycles. The Morgan fingerprint density at radius 1 is 1.33 bits per heavy atom. The minimum absolute atomic E-state index is 0.0881. The van der Waals surface area contributed by atoms with Crippen LogP contribution in [-0.2, 0) is 4.79 Å². The van der Waals surface area contributed by atoms with E-state index in [0.717, 1.165) is 0 Å². The molecule has 1 amide bonds. The molecule has 1 rings (SSSR count). The molecule has 6 heteroatoms. The SMILES string of the molecule is CC(O)CCC(=O)NC1CCC(C(F)(F)F)CC1. The largest absolute Gasteiger partial charge is 0.393 e. The van der Waals surface area contributed by atoms with Crippen LogP contribution < -0.4 is 5.32 Å². The van der Waals surface area contributed by atoms with E-state index in [1.54, 1.807) is 6.92 Å². The number of nitrogens with one attached hydrogen (secondary N) is 1. The first-order chi connectivity index (χ1) is 8.29. The summed E-state index contributed by atoms with van der Waals surface area (Å²) in [6.07, 6.45) is -3.11. The normalized spacial score (nSPS) is 26.7. The molecule has 1 unspecified atom stereocenters. The third kappa shape index (κ3) is 5.25. The van der Waals surface area contributed by atoms with Crippen LogP contribution in [0.25, 0.3) is 0 Å². The van der Waals surface area contributed by atoms with Gasteiger partial charge in [-0.15, -0.1) is 0 Å². The molecule has 0 spiro atoms. The lowest BCUT2D eigenvalue weighted by molar-refractivity contribution is -0.182.